The molecule has 3 heterocycles. The molecule has 0 bridgehead atoms. The van der Waals surface area contributed by atoms with Gasteiger partial charge in [-0.15, -0.1) is 10.2 Å². The monoisotopic (exact) mass is 479 g/mol. The standard InChI is InChI=1S/C21H27Cl2N7O2/c22-16-4-3-15(17(23)13-16)14-24-19-18(20(31)32)26-27-21(25-19)30-11-9-29(10-12-30)8-7-28-5-1-2-6-28/h3-4,13H,1-2,5-12,14H2,(H,31,32)(H,24,25,27). The predicted molar refractivity (Wildman–Crippen MR) is 125 cm³/mol. The lowest BCUT2D eigenvalue weighted by Crippen LogP contribution is -2.49. The van der Waals surface area contributed by atoms with Crippen LogP contribution in [0.2, 0.25) is 10.0 Å². The molecule has 9 nitrogen and oxygen atoms in total. The number of carbonyl (C=O) groups is 1. The zero-order valence-corrected chi connectivity index (χ0v) is 19.3. The highest BCUT2D eigenvalue weighted by molar-refractivity contribution is 6.35. The third-order valence-corrected chi connectivity index (χ3v) is 6.51. The van der Waals surface area contributed by atoms with Gasteiger partial charge in [0, 0.05) is 55.9 Å². The molecule has 2 aromatic rings. The number of piperazine rings is 1. The number of benzene rings is 1. The summed E-state index contributed by atoms with van der Waals surface area (Å²) < 4.78 is 0. The Morgan fingerprint density at radius 3 is 2.34 bits per heavy atom. The normalized spacial score (nSPS) is 17.6. The van der Waals surface area contributed by atoms with Crippen molar-refractivity contribution in [3.05, 3.63) is 39.5 Å². The maximum atomic E-state index is 11.6. The number of nitrogens with zero attached hydrogens (tertiary/aromatic N) is 6. The Morgan fingerprint density at radius 2 is 1.69 bits per heavy atom. The molecule has 172 valence electrons. The quantitative estimate of drug-likeness (QED) is 0.591. The maximum Gasteiger partial charge on any atom is 0.360 e. The summed E-state index contributed by atoms with van der Waals surface area (Å²) in [5.41, 5.74) is 0.558. The summed E-state index contributed by atoms with van der Waals surface area (Å²) >= 11 is 12.2. The molecule has 1 aromatic heterocycles. The van der Waals surface area contributed by atoms with Gasteiger partial charge in [-0.1, -0.05) is 29.3 Å². The summed E-state index contributed by atoms with van der Waals surface area (Å²) in [7, 11) is 0. The number of likely N-dealkylation sites (tertiary alicyclic amines) is 1. The van der Waals surface area contributed by atoms with Crippen molar-refractivity contribution in [2.45, 2.75) is 19.4 Å². The van der Waals surface area contributed by atoms with Gasteiger partial charge in [0.1, 0.15) is 0 Å². The van der Waals surface area contributed by atoms with Gasteiger partial charge in [0.15, 0.2) is 5.82 Å². The van der Waals surface area contributed by atoms with E-state index < -0.39 is 5.97 Å². The van der Waals surface area contributed by atoms with E-state index in [1.54, 1.807) is 18.2 Å². The Hall–Kier alpha value is -2.20. The van der Waals surface area contributed by atoms with E-state index in [-0.39, 0.29) is 11.5 Å². The van der Waals surface area contributed by atoms with Gasteiger partial charge in [-0.3, -0.25) is 4.90 Å². The minimum Gasteiger partial charge on any atom is -0.476 e. The molecule has 2 aliphatic heterocycles. The molecule has 1 aromatic carbocycles. The molecule has 0 atom stereocenters. The summed E-state index contributed by atoms with van der Waals surface area (Å²) in [6.07, 6.45) is 2.62. The molecule has 2 fully saturated rings. The Morgan fingerprint density at radius 1 is 1.00 bits per heavy atom. The van der Waals surface area contributed by atoms with Crippen LogP contribution >= 0.6 is 23.2 Å². The highest BCUT2D eigenvalue weighted by Crippen LogP contribution is 2.23. The van der Waals surface area contributed by atoms with Gasteiger partial charge < -0.3 is 20.2 Å². The first kappa shape index (κ1) is 23.0. The minimum atomic E-state index is -1.19. The fourth-order valence-corrected chi connectivity index (χ4v) is 4.50. The molecule has 11 heteroatoms. The molecule has 0 amide bonds. The van der Waals surface area contributed by atoms with Crippen LogP contribution in [0.4, 0.5) is 11.8 Å². The van der Waals surface area contributed by atoms with Gasteiger partial charge >= 0.3 is 5.97 Å². The van der Waals surface area contributed by atoms with E-state index in [4.69, 9.17) is 23.2 Å². The molecular weight excluding hydrogens is 453 g/mol. The third-order valence-electron chi connectivity index (χ3n) is 5.93. The maximum absolute atomic E-state index is 11.6. The Balaban J connectivity index is 1.38. The van der Waals surface area contributed by atoms with Crippen LogP contribution in [-0.2, 0) is 6.54 Å². The third kappa shape index (κ3) is 5.78. The lowest BCUT2D eigenvalue weighted by molar-refractivity contribution is 0.0690. The van der Waals surface area contributed by atoms with Crippen LogP contribution in [0, 0.1) is 0 Å². The van der Waals surface area contributed by atoms with E-state index in [2.05, 4.69) is 30.3 Å². The van der Waals surface area contributed by atoms with Crippen LogP contribution in [0.3, 0.4) is 0 Å². The van der Waals surface area contributed by atoms with Crippen LogP contribution in [0.15, 0.2) is 18.2 Å². The van der Waals surface area contributed by atoms with Crippen molar-refractivity contribution in [3.63, 3.8) is 0 Å². The molecule has 0 radical (unpaired) electrons. The first-order valence-electron chi connectivity index (χ1n) is 10.8. The van der Waals surface area contributed by atoms with E-state index in [1.807, 2.05) is 4.90 Å². The van der Waals surface area contributed by atoms with Crippen molar-refractivity contribution in [2.75, 3.05) is 62.6 Å². The SMILES string of the molecule is O=C(O)c1nnc(N2CCN(CCN3CCCC3)CC2)nc1NCc1ccc(Cl)cc1Cl. The van der Waals surface area contributed by atoms with E-state index in [0.717, 1.165) is 44.8 Å². The number of nitrogens with one attached hydrogen (secondary N) is 1. The van der Waals surface area contributed by atoms with E-state index in [1.165, 1.54) is 25.9 Å². The highest BCUT2D eigenvalue weighted by atomic mass is 35.5. The molecule has 2 saturated heterocycles. The van der Waals surface area contributed by atoms with Crippen LogP contribution < -0.4 is 10.2 Å². The summed E-state index contributed by atoms with van der Waals surface area (Å²) in [4.78, 5) is 23.1. The summed E-state index contributed by atoms with van der Waals surface area (Å²) in [5, 5.41) is 21.6. The number of hydrogen-bond acceptors (Lipinski definition) is 8. The average Bonchev–Trinajstić information content (AvgIpc) is 3.31. The van der Waals surface area contributed by atoms with Crippen LogP contribution in [0.5, 0.6) is 0 Å². The second-order valence-corrected chi connectivity index (χ2v) is 8.92. The van der Waals surface area contributed by atoms with Crippen molar-refractivity contribution in [2.24, 2.45) is 0 Å². The Labute approximate surface area is 197 Å². The number of aromatic carboxylic acids is 1. The van der Waals surface area contributed by atoms with Crippen molar-refractivity contribution < 1.29 is 9.90 Å². The van der Waals surface area contributed by atoms with Crippen molar-refractivity contribution >= 4 is 40.9 Å². The molecule has 0 unspecified atom stereocenters. The largest absolute Gasteiger partial charge is 0.476 e. The average molecular weight is 480 g/mol. The summed E-state index contributed by atoms with van der Waals surface area (Å²) in [6, 6.07) is 5.16. The van der Waals surface area contributed by atoms with Gasteiger partial charge in [0.2, 0.25) is 11.6 Å². The van der Waals surface area contributed by atoms with Gasteiger partial charge in [-0.05, 0) is 43.6 Å². The topological polar surface area (TPSA) is 97.7 Å². The van der Waals surface area contributed by atoms with Crippen LogP contribution in [0.25, 0.3) is 0 Å². The molecule has 0 aliphatic carbocycles. The second-order valence-electron chi connectivity index (χ2n) is 8.08. The van der Waals surface area contributed by atoms with Gasteiger partial charge in [0.25, 0.3) is 0 Å². The fraction of sp³-hybridized carbons (Fsp3) is 0.524. The lowest BCUT2D eigenvalue weighted by atomic mass is 10.2. The number of halogens is 2. The first-order chi connectivity index (χ1) is 15.5. The van der Waals surface area contributed by atoms with Crippen molar-refractivity contribution in [3.8, 4) is 0 Å². The van der Waals surface area contributed by atoms with Crippen molar-refractivity contribution in [1.29, 1.82) is 0 Å². The fourth-order valence-electron chi connectivity index (χ4n) is 4.02. The van der Waals surface area contributed by atoms with Gasteiger partial charge in [-0.25, -0.2) is 4.79 Å². The molecular formula is C21H27Cl2N7O2. The van der Waals surface area contributed by atoms with E-state index in [9.17, 15) is 9.90 Å². The molecule has 2 aliphatic rings. The highest BCUT2D eigenvalue weighted by Gasteiger charge is 2.23. The minimum absolute atomic E-state index is 0.171. The van der Waals surface area contributed by atoms with Crippen molar-refractivity contribution in [1.82, 2.24) is 25.0 Å². The first-order valence-corrected chi connectivity index (χ1v) is 11.6. The molecule has 32 heavy (non-hydrogen) atoms. The zero-order chi connectivity index (χ0) is 22.5. The van der Waals surface area contributed by atoms with Gasteiger partial charge in [-0.2, -0.15) is 4.98 Å². The molecule has 0 spiro atoms. The summed E-state index contributed by atoms with van der Waals surface area (Å²) in [6.45, 7) is 8.29. The predicted octanol–water partition coefficient (Wildman–Crippen LogP) is 2.71. The number of hydrogen-bond donors (Lipinski definition) is 2. The van der Waals surface area contributed by atoms with E-state index in [0.29, 0.717) is 22.5 Å². The lowest BCUT2D eigenvalue weighted by Gasteiger charge is -2.35. The van der Waals surface area contributed by atoms with Crippen LogP contribution in [0.1, 0.15) is 28.9 Å². The van der Waals surface area contributed by atoms with E-state index >= 15 is 0 Å². The number of anilines is 2. The number of rotatable bonds is 8. The zero-order valence-electron chi connectivity index (χ0n) is 17.8. The number of carboxylic acid groups (broad SMARTS) is 1. The Bertz CT molecular complexity index is 948. The van der Waals surface area contributed by atoms with Crippen LogP contribution in [-0.4, -0.2) is 88.4 Å². The molecule has 2 N–H and O–H groups in total. The smallest absolute Gasteiger partial charge is 0.360 e. The second kappa shape index (κ2) is 10.6. The van der Waals surface area contributed by atoms with Gasteiger partial charge in [0.05, 0.1) is 0 Å². The Kier molecular flexibility index (Phi) is 7.62. The molecule has 4 rings (SSSR count). The molecule has 0 saturated carbocycles. The number of carboxylic acids is 1. The number of aromatic nitrogens is 3. The summed E-state index contributed by atoms with van der Waals surface area (Å²) in [5.74, 6) is -0.586.